The van der Waals surface area contributed by atoms with Gasteiger partial charge in [-0.3, -0.25) is 4.79 Å². The molecule has 20 heavy (non-hydrogen) atoms. The van der Waals surface area contributed by atoms with Crippen LogP contribution in [-0.2, 0) is 9.53 Å². The summed E-state index contributed by atoms with van der Waals surface area (Å²) in [6.45, 7) is 2.21. The molecule has 108 valence electrons. The Balaban J connectivity index is 2.20. The van der Waals surface area contributed by atoms with Gasteiger partial charge >= 0.3 is 5.97 Å². The van der Waals surface area contributed by atoms with Gasteiger partial charge in [0.25, 0.3) is 0 Å². The third-order valence-corrected chi connectivity index (χ3v) is 3.52. The summed E-state index contributed by atoms with van der Waals surface area (Å²) in [7, 11) is 0. The summed E-state index contributed by atoms with van der Waals surface area (Å²) in [4.78, 5) is 23.2. The highest BCUT2D eigenvalue weighted by molar-refractivity contribution is 5.98. The molecule has 1 saturated heterocycles. The molecular weight excluding hydrogens is 264 g/mol. The van der Waals surface area contributed by atoms with E-state index in [-0.39, 0.29) is 29.5 Å². The van der Waals surface area contributed by atoms with Crippen LogP contribution < -0.4 is 11.1 Å². The summed E-state index contributed by atoms with van der Waals surface area (Å²) in [6, 6.07) is 3.41. The zero-order valence-electron chi connectivity index (χ0n) is 10.9. The molecule has 1 fully saturated rings. The SMILES string of the molecule is CC1(C(=O)Nc2ccc(O)c(C(=O)O)c2)COCC1N. The van der Waals surface area contributed by atoms with Gasteiger partial charge in [0.1, 0.15) is 11.3 Å². The Morgan fingerprint density at radius 2 is 2.20 bits per heavy atom. The first-order valence-corrected chi connectivity index (χ1v) is 6.05. The number of carbonyl (C=O) groups excluding carboxylic acids is 1. The average molecular weight is 280 g/mol. The quantitative estimate of drug-likeness (QED) is 0.594. The maximum atomic E-state index is 12.2. The summed E-state index contributed by atoms with van der Waals surface area (Å²) < 4.78 is 5.19. The predicted molar refractivity (Wildman–Crippen MR) is 70.6 cm³/mol. The van der Waals surface area contributed by atoms with E-state index in [0.717, 1.165) is 0 Å². The minimum atomic E-state index is -1.27. The maximum Gasteiger partial charge on any atom is 0.339 e. The Morgan fingerprint density at radius 1 is 1.50 bits per heavy atom. The van der Waals surface area contributed by atoms with Crippen LogP contribution in [0.1, 0.15) is 17.3 Å². The molecule has 2 unspecified atom stereocenters. The van der Waals surface area contributed by atoms with Gasteiger partial charge in [-0.2, -0.15) is 0 Å². The lowest BCUT2D eigenvalue weighted by Gasteiger charge is -2.25. The van der Waals surface area contributed by atoms with Crippen LogP contribution in [0.2, 0.25) is 0 Å². The van der Waals surface area contributed by atoms with Crippen molar-refractivity contribution in [1.29, 1.82) is 0 Å². The van der Waals surface area contributed by atoms with Gasteiger partial charge in [0, 0.05) is 11.7 Å². The molecule has 1 aromatic carbocycles. The van der Waals surface area contributed by atoms with Crippen molar-refractivity contribution in [3.8, 4) is 5.75 Å². The molecule has 0 aliphatic carbocycles. The zero-order chi connectivity index (χ0) is 14.9. The summed E-state index contributed by atoms with van der Waals surface area (Å²) in [5.74, 6) is -1.97. The number of aromatic hydroxyl groups is 1. The molecule has 2 rings (SSSR count). The third kappa shape index (κ3) is 2.45. The number of nitrogens with two attached hydrogens (primary N) is 1. The molecule has 1 aliphatic heterocycles. The lowest BCUT2D eigenvalue weighted by Crippen LogP contribution is -2.47. The van der Waals surface area contributed by atoms with Crippen LogP contribution in [0.15, 0.2) is 18.2 Å². The third-order valence-electron chi connectivity index (χ3n) is 3.52. The second-order valence-corrected chi connectivity index (χ2v) is 5.03. The molecule has 0 saturated carbocycles. The molecule has 2 atom stereocenters. The zero-order valence-corrected chi connectivity index (χ0v) is 10.9. The number of anilines is 1. The molecule has 0 radical (unpaired) electrons. The van der Waals surface area contributed by atoms with Crippen LogP contribution in [0.25, 0.3) is 0 Å². The Morgan fingerprint density at radius 3 is 2.75 bits per heavy atom. The number of aromatic carboxylic acids is 1. The van der Waals surface area contributed by atoms with Crippen LogP contribution in [0.3, 0.4) is 0 Å². The number of ether oxygens (including phenoxy) is 1. The first-order valence-electron chi connectivity index (χ1n) is 6.05. The topological polar surface area (TPSA) is 122 Å². The van der Waals surface area contributed by atoms with E-state index in [0.29, 0.717) is 6.61 Å². The molecule has 7 nitrogen and oxygen atoms in total. The summed E-state index contributed by atoms with van der Waals surface area (Å²) in [5.41, 5.74) is 5.00. The average Bonchev–Trinajstić information content (AvgIpc) is 2.73. The molecule has 1 heterocycles. The van der Waals surface area contributed by atoms with Crippen molar-refractivity contribution in [3.05, 3.63) is 23.8 Å². The molecule has 0 spiro atoms. The summed E-state index contributed by atoms with van der Waals surface area (Å²) in [5, 5.41) is 20.9. The van der Waals surface area contributed by atoms with Crippen LogP contribution in [0.5, 0.6) is 5.75 Å². The molecule has 1 aromatic rings. The molecule has 1 aliphatic rings. The van der Waals surface area contributed by atoms with E-state index < -0.39 is 17.4 Å². The minimum Gasteiger partial charge on any atom is -0.507 e. The van der Waals surface area contributed by atoms with Crippen molar-refractivity contribution < 1.29 is 24.5 Å². The Bertz CT molecular complexity index is 560. The van der Waals surface area contributed by atoms with Crippen molar-refractivity contribution >= 4 is 17.6 Å². The number of carbonyl (C=O) groups is 2. The number of hydrogen-bond acceptors (Lipinski definition) is 5. The fraction of sp³-hybridized carbons (Fsp3) is 0.385. The van der Waals surface area contributed by atoms with E-state index >= 15 is 0 Å². The number of phenols is 1. The van der Waals surface area contributed by atoms with Gasteiger partial charge in [-0.15, -0.1) is 0 Å². The van der Waals surface area contributed by atoms with E-state index in [1.807, 2.05) is 0 Å². The lowest BCUT2D eigenvalue weighted by atomic mass is 9.85. The van der Waals surface area contributed by atoms with Crippen LogP contribution >= 0.6 is 0 Å². The number of amides is 1. The molecule has 0 aromatic heterocycles. The number of hydrogen-bond donors (Lipinski definition) is 4. The normalized spacial score (nSPS) is 25.4. The number of carboxylic acids is 1. The van der Waals surface area contributed by atoms with E-state index in [1.165, 1.54) is 18.2 Å². The maximum absolute atomic E-state index is 12.2. The largest absolute Gasteiger partial charge is 0.507 e. The van der Waals surface area contributed by atoms with E-state index in [2.05, 4.69) is 5.32 Å². The standard InChI is InChI=1S/C13H16N2O5/c1-13(6-20-5-10(13)14)12(19)15-7-2-3-9(16)8(4-7)11(17)18/h2-4,10,16H,5-6,14H2,1H3,(H,15,19)(H,17,18). The van der Waals surface area contributed by atoms with Gasteiger partial charge in [-0.1, -0.05) is 0 Å². The van der Waals surface area contributed by atoms with Gasteiger partial charge in [0.05, 0.1) is 18.6 Å². The predicted octanol–water partition coefficient (Wildman–Crippen LogP) is 0.393. The highest BCUT2D eigenvalue weighted by Crippen LogP contribution is 2.29. The number of benzene rings is 1. The van der Waals surface area contributed by atoms with Gasteiger partial charge in [0.2, 0.25) is 5.91 Å². The van der Waals surface area contributed by atoms with Gasteiger partial charge in [-0.05, 0) is 25.1 Å². The molecule has 5 N–H and O–H groups in total. The van der Waals surface area contributed by atoms with Crippen LogP contribution in [0.4, 0.5) is 5.69 Å². The van der Waals surface area contributed by atoms with Crippen molar-refractivity contribution in [2.45, 2.75) is 13.0 Å². The molecule has 7 heteroatoms. The van der Waals surface area contributed by atoms with E-state index in [1.54, 1.807) is 6.92 Å². The van der Waals surface area contributed by atoms with Crippen molar-refractivity contribution in [1.82, 2.24) is 0 Å². The fourth-order valence-corrected chi connectivity index (χ4v) is 1.98. The second kappa shape index (κ2) is 5.10. The van der Waals surface area contributed by atoms with Crippen molar-refractivity contribution in [2.75, 3.05) is 18.5 Å². The highest BCUT2D eigenvalue weighted by atomic mass is 16.5. The fourth-order valence-electron chi connectivity index (χ4n) is 1.98. The number of nitrogens with one attached hydrogen (secondary N) is 1. The summed E-state index contributed by atoms with van der Waals surface area (Å²) >= 11 is 0. The van der Waals surface area contributed by atoms with Crippen molar-refractivity contribution in [3.63, 3.8) is 0 Å². The van der Waals surface area contributed by atoms with E-state index in [4.69, 9.17) is 15.6 Å². The van der Waals surface area contributed by atoms with Crippen LogP contribution in [0, 0.1) is 5.41 Å². The van der Waals surface area contributed by atoms with Gasteiger partial charge < -0.3 is 26.0 Å². The number of rotatable bonds is 3. The van der Waals surface area contributed by atoms with Crippen molar-refractivity contribution in [2.24, 2.45) is 11.1 Å². The Hall–Kier alpha value is -2.12. The lowest BCUT2D eigenvalue weighted by molar-refractivity contribution is -0.125. The first-order chi connectivity index (χ1) is 9.34. The van der Waals surface area contributed by atoms with Gasteiger partial charge in [-0.25, -0.2) is 4.79 Å². The van der Waals surface area contributed by atoms with E-state index in [9.17, 15) is 14.7 Å². The monoisotopic (exact) mass is 280 g/mol. The Labute approximate surface area is 115 Å². The Kier molecular flexibility index (Phi) is 3.65. The highest BCUT2D eigenvalue weighted by Gasteiger charge is 2.44. The first kappa shape index (κ1) is 14.3. The molecule has 1 amide bonds. The minimum absolute atomic E-state index is 0.212. The summed E-state index contributed by atoms with van der Waals surface area (Å²) in [6.07, 6.45) is 0. The number of carboxylic acid groups (broad SMARTS) is 1. The second-order valence-electron chi connectivity index (χ2n) is 5.03. The molecular formula is C13H16N2O5. The molecule has 0 bridgehead atoms. The van der Waals surface area contributed by atoms with Gasteiger partial charge in [0.15, 0.2) is 0 Å². The smallest absolute Gasteiger partial charge is 0.339 e. The van der Waals surface area contributed by atoms with Crippen LogP contribution in [-0.4, -0.2) is 41.3 Å².